The number of cyclic esters (lactones) is 1. The number of hydrogen-bond donors (Lipinski definition) is 0. The van der Waals surface area contributed by atoms with Crippen molar-refractivity contribution in [1.29, 1.82) is 0 Å². The van der Waals surface area contributed by atoms with Gasteiger partial charge in [0, 0.05) is 5.56 Å². The van der Waals surface area contributed by atoms with Crippen LogP contribution >= 0.6 is 0 Å². The summed E-state index contributed by atoms with van der Waals surface area (Å²) in [5, 5.41) is 0. The lowest BCUT2D eigenvalue weighted by atomic mass is 10.1. The van der Waals surface area contributed by atoms with Gasteiger partial charge in [-0.2, -0.15) is 0 Å². The molecule has 2 aromatic carbocycles. The van der Waals surface area contributed by atoms with Crippen LogP contribution in [0.2, 0.25) is 0 Å². The number of carbonyl (C=O) groups excluding carboxylic acids is 1. The lowest BCUT2D eigenvalue weighted by Gasteiger charge is -2.15. The van der Waals surface area contributed by atoms with Gasteiger partial charge in [-0.3, -0.25) is 0 Å². The lowest BCUT2D eigenvalue weighted by molar-refractivity contribution is -0.0392. The molecule has 0 radical (unpaired) electrons. The zero-order chi connectivity index (χ0) is 13.2. The van der Waals surface area contributed by atoms with Crippen molar-refractivity contribution in [2.24, 2.45) is 0 Å². The Kier molecular flexibility index (Phi) is 2.83. The normalized spacial score (nSPS) is 16.7. The van der Waals surface area contributed by atoms with Gasteiger partial charge in [0.05, 0.1) is 12.7 Å². The molecule has 0 N–H and O–H groups in total. The summed E-state index contributed by atoms with van der Waals surface area (Å²) in [5.41, 5.74) is 1.28. The Morgan fingerprint density at radius 3 is 2.47 bits per heavy atom. The first-order chi connectivity index (χ1) is 9.29. The van der Waals surface area contributed by atoms with E-state index in [1.165, 1.54) is 0 Å². The fraction of sp³-hybridized carbons (Fsp3) is 0.133. The van der Waals surface area contributed by atoms with Crippen molar-refractivity contribution in [3.63, 3.8) is 0 Å². The van der Waals surface area contributed by atoms with Crippen LogP contribution in [0.15, 0.2) is 48.5 Å². The third kappa shape index (κ3) is 2.01. The summed E-state index contributed by atoms with van der Waals surface area (Å²) in [6.07, 6.45) is -0.722. The third-order valence-electron chi connectivity index (χ3n) is 2.95. The molecule has 0 aliphatic carbocycles. The highest BCUT2D eigenvalue weighted by Gasteiger charge is 2.32. The van der Waals surface area contributed by atoms with E-state index in [0.717, 1.165) is 5.56 Å². The molecule has 0 bridgehead atoms. The Hall–Kier alpha value is -2.49. The third-order valence-corrected chi connectivity index (χ3v) is 2.95. The number of carbonyl (C=O) groups is 1. The van der Waals surface area contributed by atoms with Crippen molar-refractivity contribution >= 4 is 5.97 Å². The summed E-state index contributed by atoms with van der Waals surface area (Å²) in [6.45, 7) is 0. The van der Waals surface area contributed by atoms with E-state index in [4.69, 9.17) is 14.2 Å². The largest absolute Gasteiger partial charge is 0.493 e. The molecule has 4 heteroatoms. The summed E-state index contributed by atoms with van der Waals surface area (Å²) >= 11 is 0. The zero-order valence-electron chi connectivity index (χ0n) is 10.3. The van der Waals surface area contributed by atoms with Gasteiger partial charge >= 0.3 is 5.97 Å². The van der Waals surface area contributed by atoms with E-state index >= 15 is 0 Å². The zero-order valence-corrected chi connectivity index (χ0v) is 10.3. The molecule has 0 aromatic heterocycles. The first-order valence-electron chi connectivity index (χ1n) is 5.89. The minimum Gasteiger partial charge on any atom is -0.493 e. The highest BCUT2D eigenvalue weighted by Crippen LogP contribution is 2.36. The van der Waals surface area contributed by atoms with Crippen LogP contribution in [0.25, 0.3) is 0 Å². The number of esters is 1. The fourth-order valence-electron chi connectivity index (χ4n) is 2.03. The average Bonchev–Trinajstić information content (AvgIpc) is 2.77. The quantitative estimate of drug-likeness (QED) is 0.792. The monoisotopic (exact) mass is 256 g/mol. The molecule has 0 spiro atoms. The second-order valence-electron chi connectivity index (χ2n) is 4.09. The Labute approximate surface area is 110 Å². The van der Waals surface area contributed by atoms with Crippen molar-refractivity contribution in [1.82, 2.24) is 0 Å². The van der Waals surface area contributed by atoms with Gasteiger partial charge in [0.1, 0.15) is 0 Å². The molecular formula is C15H12O4. The topological polar surface area (TPSA) is 44.8 Å². The molecule has 1 aliphatic rings. The number of hydrogen-bond acceptors (Lipinski definition) is 4. The van der Waals surface area contributed by atoms with Crippen molar-refractivity contribution < 1.29 is 19.0 Å². The van der Waals surface area contributed by atoms with Crippen molar-refractivity contribution in [3.8, 4) is 11.5 Å². The number of fused-ring (bicyclic) bond motifs is 1. The Morgan fingerprint density at radius 1 is 1.00 bits per heavy atom. The van der Waals surface area contributed by atoms with Crippen LogP contribution in [0.4, 0.5) is 0 Å². The molecule has 4 nitrogen and oxygen atoms in total. The van der Waals surface area contributed by atoms with Crippen LogP contribution in [0.5, 0.6) is 11.5 Å². The molecule has 0 amide bonds. The van der Waals surface area contributed by atoms with Crippen LogP contribution in [0, 0.1) is 0 Å². The van der Waals surface area contributed by atoms with Gasteiger partial charge in [0.2, 0.25) is 0 Å². The Morgan fingerprint density at radius 2 is 1.68 bits per heavy atom. The van der Waals surface area contributed by atoms with Gasteiger partial charge in [0.15, 0.2) is 11.5 Å². The molecule has 0 saturated heterocycles. The molecule has 0 fully saturated rings. The molecular weight excluding hydrogens is 244 g/mol. The predicted octanol–water partition coefficient (Wildman–Crippen LogP) is 2.94. The van der Waals surface area contributed by atoms with E-state index in [9.17, 15) is 4.79 Å². The molecule has 1 aliphatic heterocycles. The summed E-state index contributed by atoms with van der Waals surface area (Å²) < 4.78 is 16.1. The predicted molar refractivity (Wildman–Crippen MR) is 68.2 cm³/mol. The molecule has 2 aromatic rings. The number of benzene rings is 2. The fourth-order valence-corrected chi connectivity index (χ4v) is 2.03. The maximum absolute atomic E-state index is 11.7. The van der Waals surface area contributed by atoms with Gasteiger partial charge in [-0.25, -0.2) is 4.79 Å². The lowest BCUT2D eigenvalue weighted by Crippen LogP contribution is -2.07. The van der Waals surface area contributed by atoms with Gasteiger partial charge in [-0.15, -0.1) is 0 Å². The highest BCUT2D eigenvalue weighted by atomic mass is 16.7. The Bertz CT molecular complexity index is 621. The van der Waals surface area contributed by atoms with Crippen LogP contribution in [-0.2, 0) is 4.74 Å². The molecule has 3 rings (SSSR count). The van der Waals surface area contributed by atoms with E-state index in [1.54, 1.807) is 31.4 Å². The van der Waals surface area contributed by atoms with E-state index in [0.29, 0.717) is 17.1 Å². The first-order valence-corrected chi connectivity index (χ1v) is 5.89. The smallest absolute Gasteiger partial charge is 0.342 e. The van der Waals surface area contributed by atoms with E-state index in [1.807, 2.05) is 24.3 Å². The number of ether oxygens (including phenoxy) is 3. The summed E-state index contributed by atoms with van der Waals surface area (Å²) in [4.78, 5) is 11.7. The van der Waals surface area contributed by atoms with E-state index < -0.39 is 6.29 Å². The number of methoxy groups -OCH3 is 1. The molecule has 1 atom stereocenters. The van der Waals surface area contributed by atoms with Gasteiger partial charge in [0.25, 0.3) is 6.29 Å². The van der Waals surface area contributed by atoms with Gasteiger partial charge in [-0.05, 0) is 18.2 Å². The minimum absolute atomic E-state index is 0.365. The van der Waals surface area contributed by atoms with Crippen molar-refractivity contribution in [2.75, 3.05) is 7.11 Å². The van der Waals surface area contributed by atoms with E-state index in [2.05, 4.69) is 0 Å². The number of para-hydroxylation sites is 2. The maximum Gasteiger partial charge on any atom is 0.342 e. The van der Waals surface area contributed by atoms with Gasteiger partial charge < -0.3 is 14.2 Å². The second-order valence-corrected chi connectivity index (χ2v) is 4.09. The van der Waals surface area contributed by atoms with Crippen LogP contribution in [0.3, 0.4) is 0 Å². The van der Waals surface area contributed by atoms with Crippen molar-refractivity contribution in [3.05, 3.63) is 59.7 Å². The summed E-state index contributed by atoms with van der Waals surface area (Å²) in [7, 11) is 1.57. The molecule has 0 saturated carbocycles. The highest BCUT2D eigenvalue weighted by molar-refractivity contribution is 5.93. The standard InChI is InChI=1S/C15H12O4/c1-17-12-8-4-5-9-13(12)18-15-11-7-3-2-6-10(11)14(16)19-15/h2-9,15H,1H3. The van der Waals surface area contributed by atoms with Crippen LogP contribution in [0.1, 0.15) is 22.2 Å². The van der Waals surface area contributed by atoms with Crippen molar-refractivity contribution in [2.45, 2.75) is 6.29 Å². The SMILES string of the molecule is COc1ccccc1OC1OC(=O)c2ccccc21. The molecule has 1 unspecified atom stereocenters. The van der Waals surface area contributed by atoms with E-state index in [-0.39, 0.29) is 5.97 Å². The van der Waals surface area contributed by atoms with Crippen LogP contribution < -0.4 is 9.47 Å². The first kappa shape index (κ1) is 11.6. The second kappa shape index (κ2) is 4.65. The molecule has 96 valence electrons. The van der Waals surface area contributed by atoms with Gasteiger partial charge in [-0.1, -0.05) is 30.3 Å². The average molecular weight is 256 g/mol. The number of rotatable bonds is 3. The summed E-state index contributed by atoms with van der Waals surface area (Å²) in [6, 6.07) is 14.4. The van der Waals surface area contributed by atoms with Crippen LogP contribution in [-0.4, -0.2) is 13.1 Å². The minimum atomic E-state index is -0.722. The Balaban J connectivity index is 1.91. The summed E-state index contributed by atoms with van der Waals surface area (Å²) in [5.74, 6) is 0.776. The molecule has 19 heavy (non-hydrogen) atoms. The maximum atomic E-state index is 11.7. The molecule has 1 heterocycles.